The first-order valence-corrected chi connectivity index (χ1v) is 15.0. The summed E-state index contributed by atoms with van der Waals surface area (Å²) < 4.78 is 54.3. The van der Waals surface area contributed by atoms with Gasteiger partial charge in [-0.15, -0.1) is 0 Å². The summed E-state index contributed by atoms with van der Waals surface area (Å²) in [6.45, 7) is 1.71. The number of carbonyl (C=O) groups excluding carboxylic acids is 2. The maximum Gasteiger partial charge on any atom is 0.326 e. The Kier molecular flexibility index (Phi) is 11.2. The van der Waals surface area contributed by atoms with E-state index in [2.05, 4.69) is 5.32 Å². The third-order valence-electron chi connectivity index (χ3n) is 6.94. The van der Waals surface area contributed by atoms with Crippen LogP contribution in [0.15, 0.2) is 47.4 Å². The van der Waals surface area contributed by atoms with Crippen molar-refractivity contribution >= 4 is 33.4 Å². The fraction of sp³-hybridized carbons (Fsp3) is 0.448. The van der Waals surface area contributed by atoms with Crippen molar-refractivity contribution < 1.29 is 36.7 Å². The van der Waals surface area contributed by atoms with Gasteiger partial charge in [-0.3, -0.25) is 9.59 Å². The van der Waals surface area contributed by atoms with E-state index in [0.717, 1.165) is 35.6 Å². The molecule has 3 rings (SSSR count). The van der Waals surface area contributed by atoms with Crippen molar-refractivity contribution in [1.82, 2.24) is 9.62 Å². The van der Waals surface area contributed by atoms with Crippen LogP contribution in [-0.2, 0) is 37.2 Å². The maximum atomic E-state index is 13.7. The average Bonchev–Trinajstić information content (AvgIpc) is 3.39. The number of amides is 1. The number of benzene rings is 2. The first-order chi connectivity index (χ1) is 19.4. The number of carboxylic acid groups (broad SMARTS) is 1. The molecule has 2 aromatic carbocycles. The topological polar surface area (TPSA) is 145 Å². The molecule has 0 aromatic heterocycles. The van der Waals surface area contributed by atoms with Gasteiger partial charge in [-0.25, -0.2) is 22.0 Å². The summed E-state index contributed by atoms with van der Waals surface area (Å²) in [5.74, 6) is -4.17. The summed E-state index contributed by atoms with van der Waals surface area (Å²) in [6.07, 6.45) is 4.35. The van der Waals surface area contributed by atoms with Gasteiger partial charge < -0.3 is 15.8 Å². The van der Waals surface area contributed by atoms with E-state index >= 15 is 0 Å². The van der Waals surface area contributed by atoms with Gasteiger partial charge in [0.2, 0.25) is 15.9 Å². The monoisotopic (exact) mass is 591 g/mol. The van der Waals surface area contributed by atoms with E-state index in [0.29, 0.717) is 42.3 Å². The van der Waals surface area contributed by atoms with E-state index in [9.17, 15) is 36.7 Å². The Morgan fingerprint density at radius 2 is 1.63 bits per heavy atom. The van der Waals surface area contributed by atoms with Crippen LogP contribution in [0.4, 0.5) is 8.78 Å². The Morgan fingerprint density at radius 3 is 2.24 bits per heavy atom. The predicted octanol–water partition coefficient (Wildman–Crippen LogP) is 4.03. The molecule has 222 valence electrons. The van der Waals surface area contributed by atoms with Crippen molar-refractivity contribution in [3.05, 3.63) is 65.2 Å². The highest BCUT2D eigenvalue weighted by Crippen LogP contribution is 2.27. The van der Waals surface area contributed by atoms with Crippen LogP contribution in [0.3, 0.4) is 0 Å². The molecule has 0 saturated carbocycles. The van der Waals surface area contributed by atoms with E-state index in [1.807, 2.05) is 0 Å². The average molecular weight is 592 g/mol. The molecule has 1 fully saturated rings. The molecule has 1 aliphatic rings. The minimum atomic E-state index is -4.41. The highest BCUT2D eigenvalue weighted by molar-refractivity contribution is 7.89. The van der Waals surface area contributed by atoms with E-state index < -0.39 is 50.5 Å². The lowest BCUT2D eigenvalue weighted by atomic mass is 10.00. The normalized spacial score (nSPS) is 16.3. The largest absolute Gasteiger partial charge is 0.480 e. The first-order valence-electron chi connectivity index (χ1n) is 13.5. The van der Waals surface area contributed by atoms with Crippen molar-refractivity contribution in [2.75, 3.05) is 6.54 Å². The maximum absolute atomic E-state index is 13.7. The lowest BCUT2D eigenvalue weighted by molar-refractivity contribution is -0.142. The van der Waals surface area contributed by atoms with Crippen LogP contribution in [0.5, 0.6) is 0 Å². The molecule has 1 saturated heterocycles. The summed E-state index contributed by atoms with van der Waals surface area (Å²) in [6, 6.07) is 6.13. The second-order valence-corrected chi connectivity index (χ2v) is 12.2. The molecule has 1 unspecified atom stereocenters. The number of aliphatic carboxylic acids is 1. The van der Waals surface area contributed by atoms with Gasteiger partial charge in [-0.05, 0) is 62.3 Å². The fourth-order valence-corrected chi connectivity index (χ4v) is 6.50. The number of hydrogen-bond donors (Lipinski definition) is 3. The van der Waals surface area contributed by atoms with E-state index in [4.69, 9.17) is 5.41 Å². The second-order valence-electron chi connectivity index (χ2n) is 10.4. The molecule has 0 aliphatic carbocycles. The van der Waals surface area contributed by atoms with Crippen LogP contribution in [0.25, 0.3) is 0 Å². The number of sulfonamides is 1. The zero-order chi connectivity index (χ0) is 30.2. The number of carbonyl (C=O) groups is 3. The third kappa shape index (κ3) is 9.25. The molecule has 41 heavy (non-hydrogen) atoms. The molecule has 0 spiro atoms. The van der Waals surface area contributed by atoms with Gasteiger partial charge in [0.05, 0.1) is 4.90 Å². The molecule has 1 aliphatic heterocycles. The van der Waals surface area contributed by atoms with Crippen molar-refractivity contribution in [3.63, 3.8) is 0 Å². The highest BCUT2D eigenvalue weighted by atomic mass is 32.2. The van der Waals surface area contributed by atoms with Crippen molar-refractivity contribution in [2.24, 2.45) is 0 Å². The fourth-order valence-electron chi connectivity index (χ4n) is 4.80. The van der Waals surface area contributed by atoms with Crippen LogP contribution >= 0.6 is 0 Å². The lowest BCUT2D eigenvalue weighted by Crippen LogP contribution is -2.51. The highest BCUT2D eigenvalue weighted by Gasteiger charge is 2.40. The van der Waals surface area contributed by atoms with Crippen LogP contribution in [0, 0.1) is 17.0 Å². The molecular formula is C29H35F2N3O6S. The molecule has 0 bridgehead atoms. The smallest absolute Gasteiger partial charge is 0.326 e. The number of ketones is 1. The summed E-state index contributed by atoms with van der Waals surface area (Å²) in [5, 5.41) is 19.6. The summed E-state index contributed by atoms with van der Waals surface area (Å²) in [4.78, 5) is 36.6. The molecule has 0 radical (unpaired) electrons. The Hall–Kier alpha value is -3.51. The standard InChI is InChI=1S/C29H35F2N3O6S/c1-19(32)6-3-2-4-7-24(35)14-20-9-11-21(12-10-20)15-26(29(37)38)33-28(36)27-8-5-13-34(27)41(39,40)25-17-22(30)16-23(31)18-25/h9-12,16-18,26-27,32H,2-8,13-15H2,1H3,(H,33,36)(H,37,38)/t26?,27-/m0/s1. The summed E-state index contributed by atoms with van der Waals surface area (Å²) in [7, 11) is -4.41. The van der Waals surface area contributed by atoms with Crippen molar-refractivity contribution in [2.45, 2.75) is 81.7 Å². The molecule has 1 amide bonds. The third-order valence-corrected chi connectivity index (χ3v) is 8.82. The Morgan fingerprint density at radius 1 is 1.02 bits per heavy atom. The number of halogens is 2. The molecule has 9 nitrogen and oxygen atoms in total. The van der Waals surface area contributed by atoms with Crippen LogP contribution in [-0.4, -0.2) is 59.8 Å². The van der Waals surface area contributed by atoms with Gasteiger partial charge in [0, 0.05) is 37.6 Å². The molecule has 12 heteroatoms. The zero-order valence-corrected chi connectivity index (χ0v) is 23.7. The van der Waals surface area contributed by atoms with Gasteiger partial charge in [0.15, 0.2) is 0 Å². The summed E-state index contributed by atoms with van der Waals surface area (Å²) >= 11 is 0. The molecule has 2 atom stereocenters. The molecule has 1 heterocycles. The summed E-state index contributed by atoms with van der Waals surface area (Å²) in [5.41, 5.74) is 2.01. The lowest BCUT2D eigenvalue weighted by Gasteiger charge is -2.25. The van der Waals surface area contributed by atoms with Crippen LogP contribution < -0.4 is 5.32 Å². The van der Waals surface area contributed by atoms with Gasteiger partial charge >= 0.3 is 5.97 Å². The van der Waals surface area contributed by atoms with Gasteiger partial charge in [0.25, 0.3) is 0 Å². The van der Waals surface area contributed by atoms with Gasteiger partial charge in [-0.1, -0.05) is 30.7 Å². The number of Topliss-reactive ketones (excluding diaryl/α,β-unsaturated/α-hetero) is 1. The Bertz CT molecular complexity index is 1360. The van der Waals surface area contributed by atoms with E-state index in [1.165, 1.54) is 0 Å². The number of unbranched alkanes of at least 4 members (excludes halogenated alkanes) is 2. The number of hydrogen-bond acceptors (Lipinski definition) is 6. The van der Waals surface area contributed by atoms with Gasteiger partial charge in [0.1, 0.15) is 29.5 Å². The zero-order valence-electron chi connectivity index (χ0n) is 22.9. The Balaban J connectivity index is 1.59. The van der Waals surface area contributed by atoms with Gasteiger partial charge in [-0.2, -0.15) is 4.31 Å². The first kappa shape index (κ1) is 32.0. The molecule has 3 N–H and O–H groups in total. The van der Waals surface area contributed by atoms with Crippen molar-refractivity contribution in [3.8, 4) is 0 Å². The minimum absolute atomic E-state index is 0.0556. The van der Waals surface area contributed by atoms with Crippen LogP contribution in [0.2, 0.25) is 0 Å². The van der Waals surface area contributed by atoms with E-state index in [-0.39, 0.29) is 31.6 Å². The molecular weight excluding hydrogens is 556 g/mol. The van der Waals surface area contributed by atoms with Crippen molar-refractivity contribution in [1.29, 1.82) is 5.41 Å². The number of nitrogens with zero attached hydrogens (tertiary/aromatic N) is 1. The SMILES string of the molecule is CC(=N)CCCCCC(=O)Cc1ccc(CC(NC(=O)[C@@H]2CCCN2S(=O)(=O)c2cc(F)cc(F)c2)C(=O)O)cc1. The molecule has 2 aromatic rings. The number of rotatable bonds is 15. The predicted molar refractivity (Wildman–Crippen MR) is 148 cm³/mol. The van der Waals surface area contributed by atoms with E-state index in [1.54, 1.807) is 31.2 Å². The van der Waals surface area contributed by atoms with Crippen LogP contribution in [0.1, 0.15) is 63.0 Å². The number of nitrogens with one attached hydrogen (secondary N) is 2. The number of carboxylic acids is 1. The Labute approximate surface area is 238 Å². The minimum Gasteiger partial charge on any atom is -0.480 e. The quantitative estimate of drug-likeness (QED) is 0.211. The second kappa shape index (κ2) is 14.4.